The van der Waals surface area contributed by atoms with Gasteiger partial charge in [-0.3, -0.25) is 14.3 Å². The predicted octanol–water partition coefficient (Wildman–Crippen LogP) is 1.35. The van der Waals surface area contributed by atoms with Crippen molar-refractivity contribution in [3.63, 3.8) is 0 Å². The Morgan fingerprint density at radius 3 is 2.27 bits per heavy atom. The number of hydroxylamine groups is 2. The van der Waals surface area contributed by atoms with Gasteiger partial charge in [0.2, 0.25) is 0 Å². The number of hydrogen-bond donors (Lipinski definition) is 0. The van der Waals surface area contributed by atoms with Crippen molar-refractivity contribution in [3.8, 4) is 0 Å². The van der Waals surface area contributed by atoms with E-state index in [0.29, 0.717) is 11.5 Å². The van der Waals surface area contributed by atoms with Gasteiger partial charge in [0.1, 0.15) is 5.69 Å². The average molecular weight is 299 g/mol. The molecule has 0 fully saturated rings. The summed E-state index contributed by atoms with van der Waals surface area (Å²) in [5.41, 5.74) is 1.34. The van der Waals surface area contributed by atoms with Crippen LogP contribution in [0.15, 0.2) is 30.3 Å². The summed E-state index contributed by atoms with van der Waals surface area (Å²) < 4.78 is 1.36. The third kappa shape index (κ3) is 2.07. The predicted molar refractivity (Wildman–Crippen MR) is 74.9 cm³/mol. The number of hydrogen-bond acceptors (Lipinski definition) is 5. The fourth-order valence-corrected chi connectivity index (χ4v) is 2.27. The van der Waals surface area contributed by atoms with Gasteiger partial charge in [-0.15, -0.1) is 0 Å². The van der Waals surface area contributed by atoms with Gasteiger partial charge < -0.3 is 4.84 Å². The molecule has 0 aliphatic carbocycles. The number of rotatable bonds is 3. The molecule has 112 valence electrons. The molecule has 1 aromatic carbocycles. The first-order chi connectivity index (χ1) is 10.5. The zero-order valence-corrected chi connectivity index (χ0v) is 12.1. The molecule has 0 N–H and O–H groups in total. The minimum atomic E-state index is -0.802. The van der Waals surface area contributed by atoms with E-state index in [4.69, 9.17) is 4.84 Å². The highest BCUT2D eigenvalue weighted by molar-refractivity contribution is 6.21. The maximum absolute atomic E-state index is 12.2. The van der Waals surface area contributed by atoms with Crippen molar-refractivity contribution >= 4 is 17.8 Å². The van der Waals surface area contributed by atoms with E-state index < -0.39 is 17.8 Å². The summed E-state index contributed by atoms with van der Waals surface area (Å²) in [6.45, 7) is 1.90. The molecule has 0 atom stereocenters. The summed E-state index contributed by atoms with van der Waals surface area (Å²) in [6, 6.07) is 7.89. The van der Waals surface area contributed by atoms with Crippen LogP contribution in [0, 0.1) is 0 Å². The number of aromatic nitrogens is 2. The third-order valence-electron chi connectivity index (χ3n) is 3.43. The summed E-state index contributed by atoms with van der Waals surface area (Å²) in [5.74, 6) is -2.09. The van der Waals surface area contributed by atoms with Gasteiger partial charge in [-0.2, -0.15) is 5.10 Å². The highest BCUT2D eigenvalue weighted by Crippen LogP contribution is 2.23. The van der Waals surface area contributed by atoms with Crippen LogP contribution in [0.3, 0.4) is 0 Å². The highest BCUT2D eigenvalue weighted by Gasteiger charge is 2.39. The summed E-state index contributed by atoms with van der Waals surface area (Å²) in [7, 11) is 1.60. The fourth-order valence-electron chi connectivity index (χ4n) is 2.27. The molecule has 0 radical (unpaired) electrons. The molecule has 2 amide bonds. The maximum atomic E-state index is 12.2. The molecule has 7 heteroatoms. The van der Waals surface area contributed by atoms with Crippen LogP contribution in [0.25, 0.3) is 0 Å². The molecule has 0 spiro atoms. The van der Waals surface area contributed by atoms with Crippen LogP contribution in [0.4, 0.5) is 0 Å². The van der Waals surface area contributed by atoms with Crippen LogP contribution in [0.2, 0.25) is 0 Å². The minimum Gasteiger partial charge on any atom is -0.323 e. The van der Waals surface area contributed by atoms with Gasteiger partial charge in [-0.25, -0.2) is 4.79 Å². The number of amides is 2. The monoisotopic (exact) mass is 299 g/mol. The highest BCUT2D eigenvalue weighted by atomic mass is 16.7. The van der Waals surface area contributed by atoms with E-state index in [1.165, 1.54) is 16.8 Å². The lowest BCUT2D eigenvalue weighted by Crippen LogP contribution is -2.33. The number of benzene rings is 1. The number of fused-ring (bicyclic) bond motifs is 1. The minimum absolute atomic E-state index is 0.174. The number of nitrogens with zero attached hydrogens (tertiary/aromatic N) is 3. The molecule has 1 aliphatic heterocycles. The quantitative estimate of drug-likeness (QED) is 0.799. The van der Waals surface area contributed by atoms with Gasteiger partial charge in [0.15, 0.2) is 0 Å². The van der Waals surface area contributed by atoms with Crippen molar-refractivity contribution < 1.29 is 19.2 Å². The Balaban J connectivity index is 1.85. The van der Waals surface area contributed by atoms with Crippen LogP contribution < -0.4 is 0 Å². The Labute approximate surface area is 126 Å². The lowest BCUT2D eigenvalue weighted by molar-refractivity contribution is -0.0591. The van der Waals surface area contributed by atoms with Gasteiger partial charge in [0, 0.05) is 7.05 Å². The number of aryl methyl sites for hydroxylation is 2. The molecule has 2 aromatic rings. The topological polar surface area (TPSA) is 81.5 Å². The molecule has 22 heavy (non-hydrogen) atoms. The van der Waals surface area contributed by atoms with Gasteiger partial charge in [-0.1, -0.05) is 24.1 Å². The van der Waals surface area contributed by atoms with Crippen LogP contribution in [-0.4, -0.2) is 32.6 Å². The van der Waals surface area contributed by atoms with Crippen molar-refractivity contribution in [2.24, 2.45) is 7.05 Å². The Bertz CT molecular complexity index is 759. The molecule has 1 aliphatic rings. The molecule has 2 heterocycles. The van der Waals surface area contributed by atoms with E-state index >= 15 is 0 Å². The first-order valence-electron chi connectivity index (χ1n) is 6.76. The molecule has 7 nitrogen and oxygen atoms in total. The molecule has 1 aromatic heterocycles. The summed E-state index contributed by atoms with van der Waals surface area (Å²) in [4.78, 5) is 41.4. The zero-order chi connectivity index (χ0) is 15.9. The van der Waals surface area contributed by atoms with Gasteiger partial charge in [0.25, 0.3) is 11.8 Å². The number of carbonyl (C=O) groups is 3. The van der Waals surface area contributed by atoms with Gasteiger partial charge in [0.05, 0.1) is 16.8 Å². The Morgan fingerprint density at radius 1 is 1.18 bits per heavy atom. The van der Waals surface area contributed by atoms with Crippen molar-refractivity contribution in [2.75, 3.05) is 0 Å². The summed E-state index contributed by atoms with van der Waals surface area (Å²) >= 11 is 0. The summed E-state index contributed by atoms with van der Waals surface area (Å²) in [5, 5.41) is 4.62. The second-order valence-electron chi connectivity index (χ2n) is 4.83. The zero-order valence-electron chi connectivity index (χ0n) is 12.1. The van der Waals surface area contributed by atoms with Crippen molar-refractivity contribution in [1.29, 1.82) is 0 Å². The van der Waals surface area contributed by atoms with Crippen LogP contribution >= 0.6 is 0 Å². The van der Waals surface area contributed by atoms with Crippen molar-refractivity contribution in [1.82, 2.24) is 14.8 Å². The molecule has 0 unspecified atom stereocenters. The lowest BCUT2D eigenvalue weighted by Gasteiger charge is -2.12. The first kappa shape index (κ1) is 14.0. The normalized spacial score (nSPS) is 13.5. The molecular weight excluding hydrogens is 286 g/mol. The van der Waals surface area contributed by atoms with E-state index in [9.17, 15) is 14.4 Å². The van der Waals surface area contributed by atoms with E-state index in [1.54, 1.807) is 25.2 Å². The fraction of sp³-hybridized carbons (Fsp3) is 0.200. The van der Waals surface area contributed by atoms with E-state index in [0.717, 1.165) is 5.69 Å². The van der Waals surface area contributed by atoms with Crippen LogP contribution in [0.5, 0.6) is 0 Å². The van der Waals surface area contributed by atoms with Crippen LogP contribution in [0.1, 0.15) is 43.8 Å². The second-order valence-corrected chi connectivity index (χ2v) is 4.83. The molecular formula is C15H13N3O4. The Hall–Kier alpha value is -2.96. The number of imide groups is 1. The number of carbonyl (C=O) groups excluding carboxylic acids is 3. The van der Waals surface area contributed by atoms with Crippen molar-refractivity contribution in [2.45, 2.75) is 13.3 Å². The van der Waals surface area contributed by atoms with Gasteiger partial charge >= 0.3 is 5.97 Å². The molecule has 3 rings (SSSR count). The first-order valence-corrected chi connectivity index (χ1v) is 6.76. The van der Waals surface area contributed by atoms with E-state index in [-0.39, 0.29) is 16.8 Å². The smallest absolute Gasteiger partial charge is 0.323 e. The van der Waals surface area contributed by atoms with Crippen LogP contribution in [-0.2, 0) is 18.3 Å². The van der Waals surface area contributed by atoms with E-state index in [2.05, 4.69) is 5.10 Å². The third-order valence-corrected chi connectivity index (χ3v) is 3.43. The van der Waals surface area contributed by atoms with Crippen molar-refractivity contribution in [3.05, 3.63) is 52.8 Å². The average Bonchev–Trinajstić information content (AvgIpc) is 3.01. The molecule has 0 saturated heterocycles. The summed E-state index contributed by atoms with van der Waals surface area (Å²) in [6.07, 6.45) is 0.661. The molecule has 0 bridgehead atoms. The Kier molecular flexibility index (Phi) is 3.25. The maximum Gasteiger partial charge on any atom is 0.381 e. The Morgan fingerprint density at radius 2 is 1.77 bits per heavy atom. The van der Waals surface area contributed by atoms with E-state index in [1.807, 2.05) is 6.92 Å². The van der Waals surface area contributed by atoms with Gasteiger partial charge in [-0.05, 0) is 24.6 Å². The second kappa shape index (κ2) is 5.10. The lowest BCUT2D eigenvalue weighted by atomic mass is 10.1. The standard InChI is InChI=1S/C15H13N3O4/c1-3-9-8-12(17(2)16-9)15(21)22-18-13(19)10-6-4-5-7-11(10)14(18)20/h4-8H,3H2,1-2H3. The SMILES string of the molecule is CCc1cc(C(=O)ON2C(=O)c3ccccc3C2=O)n(C)n1. The largest absolute Gasteiger partial charge is 0.381 e. The molecule has 0 saturated carbocycles.